The molecule has 0 aliphatic heterocycles. The van der Waals surface area contributed by atoms with Gasteiger partial charge < -0.3 is 11.1 Å². The Kier molecular flexibility index (Phi) is 3.51. The summed E-state index contributed by atoms with van der Waals surface area (Å²) in [5.74, 6) is 1.75. The van der Waals surface area contributed by atoms with E-state index in [0.29, 0.717) is 17.5 Å². The van der Waals surface area contributed by atoms with Crippen LogP contribution < -0.4 is 11.1 Å². The van der Waals surface area contributed by atoms with Crippen LogP contribution in [0, 0.1) is 6.92 Å². The molecule has 3 N–H and O–H groups in total. The van der Waals surface area contributed by atoms with Crippen LogP contribution in [0.15, 0.2) is 60.7 Å². The Labute approximate surface area is 123 Å². The van der Waals surface area contributed by atoms with E-state index in [1.165, 1.54) is 0 Å². The molecule has 21 heavy (non-hydrogen) atoms. The molecule has 4 nitrogen and oxygen atoms in total. The zero-order valence-electron chi connectivity index (χ0n) is 11.7. The van der Waals surface area contributed by atoms with E-state index < -0.39 is 0 Å². The Morgan fingerprint density at radius 2 is 1.62 bits per heavy atom. The molecule has 0 aliphatic carbocycles. The fourth-order valence-electron chi connectivity index (χ4n) is 2.10. The Balaban J connectivity index is 1.97. The molecule has 0 atom stereocenters. The molecule has 4 heteroatoms. The average Bonchev–Trinajstić information content (AvgIpc) is 2.50. The molecule has 0 aliphatic rings. The van der Waals surface area contributed by atoms with Crippen LogP contribution in [0.2, 0.25) is 0 Å². The Morgan fingerprint density at radius 1 is 0.905 bits per heavy atom. The first-order valence-electron chi connectivity index (χ1n) is 6.75. The standard InChI is InChI=1S/C17H16N4/c1-12-7-5-6-10-14(12)19-16-11-15(18)20-17(21-16)13-8-3-2-4-9-13/h2-11H,1H3,(H3,18,19,20,21). The minimum Gasteiger partial charge on any atom is -0.384 e. The average molecular weight is 276 g/mol. The molecule has 2 aromatic carbocycles. The Bertz CT molecular complexity index is 754. The highest BCUT2D eigenvalue weighted by atomic mass is 15.1. The second kappa shape index (κ2) is 5.63. The Hall–Kier alpha value is -2.88. The molecule has 1 aromatic heterocycles. The molecule has 0 fully saturated rings. The van der Waals surface area contributed by atoms with Crippen LogP contribution in [-0.4, -0.2) is 9.97 Å². The van der Waals surface area contributed by atoms with Crippen molar-refractivity contribution in [1.29, 1.82) is 0 Å². The van der Waals surface area contributed by atoms with E-state index >= 15 is 0 Å². The second-order valence-corrected chi connectivity index (χ2v) is 4.81. The quantitative estimate of drug-likeness (QED) is 0.764. The minimum absolute atomic E-state index is 0.444. The molecular weight excluding hydrogens is 260 g/mol. The highest BCUT2D eigenvalue weighted by molar-refractivity contribution is 5.65. The van der Waals surface area contributed by atoms with E-state index in [2.05, 4.69) is 15.3 Å². The van der Waals surface area contributed by atoms with Gasteiger partial charge in [-0.3, -0.25) is 0 Å². The fraction of sp³-hybridized carbons (Fsp3) is 0.0588. The molecule has 3 aromatic rings. The Morgan fingerprint density at radius 3 is 2.38 bits per heavy atom. The number of anilines is 3. The lowest BCUT2D eigenvalue weighted by molar-refractivity contribution is 1.18. The number of benzene rings is 2. The van der Waals surface area contributed by atoms with Crippen molar-refractivity contribution in [2.24, 2.45) is 0 Å². The van der Waals surface area contributed by atoms with Gasteiger partial charge in [-0.2, -0.15) is 0 Å². The third-order valence-corrected chi connectivity index (χ3v) is 3.19. The third-order valence-electron chi connectivity index (χ3n) is 3.19. The predicted octanol–water partition coefficient (Wildman–Crippen LogP) is 3.78. The van der Waals surface area contributed by atoms with Gasteiger partial charge in [0.25, 0.3) is 0 Å². The third kappa shape index (κ3) is 3.00. The largest absolute Gasteiger partial charge is 0.384 e. The zero-order valence-corrected chi connectivity index (χ0v) is 11.7. The van der Waals surface area contributed by atoms with Crippen LogP contribution in [0.4, 0.5) is 17.3 Å². The first-order chi connectivity index (χ1) is 10.2. The van der Waals surface area contributed by atoms with Gasteiger partial charge in [0.15, 0.2) is 5.82 Å². The highest BCUT2D eigenvalue weighted by Crippen LogP contribution is 2.23. The van der Waals surface area contributed by atoms with Gasteiger partial charge in [-0.1, -0.05) is 48.5 Å². The molecule has 0 saturated carbocycles. The number of hydrogen-bond acceptors (Lipinski definition) is 4. The number of para-hydroxylation sites is 1. The summed E-state index contributed by atoms with van der Waals surface area (Å²) in [4.78, 5) is 8.83. The number of hydrogen-bond donors (Lipinski definition) is 2. The molecule has 3 rings (SSSR count). The molecule has 0 saturated heterocycles. The van der Waals surface area contributed by atoms with Crippen LogP contribution >= 0.6 is 0 Å². The van der Waals surface area contributed by atoms with Crippen LogP contribution in [0.3, 0.4) is 0 Å². The lowest BCUT2D eigenvalue weighted by Gasteiger charge is -2.10. The second-order valence-electron chi connectivity index (χ2n) is 4.81. The maximum absolute atomic E-state index is 5.90. The zero-order chi connectivity index (χ0) is 14.7. The van der Waals surface area contributed by atoms with Crippen LogP contribution in [-0.2, 0) is 0 Å². The SMILES string of the molecule is Cc1ccccc1Nc1cc(N)nc(-c2ccccc2)n1. The molecule has 0 unspecified atom stereocenters. The number of nitrogens with zero attached hydrogens (tertiary/aromatic N) is 2. The van der Waals surface area contributed by atoms with Crippen LogP contribution in [0.25, 0.3) is 11.4 Å². The molecule has 0 spiro atoms. The van der Waals surface area contributed by atoms with Crippen molar-refractivity contribution in [3.63, 3.8) is 0 Å². The minimum atomic E-state index is 0.444. The summed E-state index contributed by atoms with van der Waals surface area (Å²) in [6.45, 7) is 2.05. The summed E-state index contributed by atoms with van der Waals surface area (Å²) in [5, 5.41) is 3.29. The molecule has 0 bridgehead atoms. The van der Waals surface area contributed by atoms with Gasteiger partial charge >= 0.3 is 0 Å². The number of aromatic nitrogens is 2. The normalized spacial score (nSPS) is 10.3. The number of nitrogen functional groups attached to an aromatic ring is 1. The molecule has 0 amide bonds. The number of nitrogens with two attached hydrogens (primary N) is 1. The fourth-order valence-corrected chi connectivity index (χ4v) is 2.10. The maximum atomic E-state index is 5.90. The van der Waals surface area contributed by atoms with Gasteiger partial charge in [-0.05, 0) is 18.6 Å². The lowest BCUT2D eigenvalue weighted by Crippen LogP contribution is -2.01. The smallest absolute Gasteiger partial charge is 0.163 e. The monoisotopic (exact) mass is 276 g/mol. The first kappa shape index (κ1) is 13.1. The molecule has 1 heterocycles. The summed E-state index contributed by atoms with van der Waals surface area (Å²) in [5.41, 5.74) is 9.00. The van der Waals surface area contributed by atoms with Gasteiger partial charge in [-0.15, -0.1) is 0 Å². The van der Waals surface area contributed by atoms with E-state index in [0.717, 1.165) is 16.8 Å². The van der Waals surface area contributed by atoms with Crippen molar-refractivity contribution in [3.05, 3.63) is 66.2 Å². The van der Waals surface area contributed by atoms with Crippen molar-refractivity contribution in [1.82, 2.24) is 9.97 Å². The predicted molar refractivity (Wildman–Crippen MR) is 86.3 cm³/mol. The highest BCUT2D eigenvalue weighted by Gasteiger charge is 2.06. The van der Waals surface area contributed by atoms with Crippen molar-refractivity contribution >= 4 is 17.3 Å². The van der Waals surface area contributed by atoms with Crippen LogP contribution in [0.1, 0.15) is 5.56 Å². The summed E-state index contributed by atoms with van der Waals surface area (Å²) >= 11 is 0. The van der Waals surface area contributed by atoms with Gasteiger partial charge in [-0.25, -0.2) is 9.97 Å². The molecule has 104 valence electrons. The van der Waals surface area contributed by atoms with E-state index in [1.807, 2.05) is 61.5 Å². The summed E-state index contributed by atoms with van der Waals surface area (Å²) in [7, 11) is 0. The van der Waals surface area contributed by atoms with Crippen LogP contribution in [0.5, 0.6) is 0 Å². The topological polar surface area (TPSA) is 63.8 Å². The van der Waals surface area contributed by atoms with Crippen molar-refractivity contribution in [3.8, 4) is 11.4 Å². The summed E-state index contributed by atoms with van der Waals surface area (Å²) in [6, 6.07) is 19.6. The summed E-state index contributed by atoms with van der Waals surface area (Å²) in [6.07, 6.45) is 0. The number of aryl methyl sites for hydroxylation is 1. The van der Waals surface area contributed by atoms with E-state index in [1.54, 1.807) is 6.07 Å². The van der Waals surface area contributed by atoms with Gasteiger partial charge in [0.1, 0.15) is 11.6 Å². The van der Waals surface area contributed by atoms with E-state index in [9.17, 15) is 0 Å². The van der Waals surface area contributed by atoms with Crippen molar-refractivity contribution < 1.29 is 0 Å². The van der Waals surface area contributed by atoms with Gasteiger partial charge in [0, 0.05) is 17.3 Å². The molecular formula is C17H16N4. The van der Waals surface area contributed by atoms with Gasteiger partial charge in [0.2, 0.25) is 0 Å². The number of nitrogens with one attached hydrogen (secondary N) is 1. The number of rotatable bonds is 3. The lowest BCUT2D eigenvalue weighted by atomic mass is 10.2. The van der Waals surface area contributed by atoms with Crippen molar-refractivity contribution in [2.75, 3.05) is 11.1 Å². The molecule has 0 radical (unpaired) electrons. The first-order valence-corrected chi connectivity index (χ1v) is 6.75. The maximum Gasteiger partial charge on any atom is 0.163 e. The van der Waals surface area contributed by atoms with E-state index in [4.69, 9.17) is 5.73 Å². The van der Waals surface area contributed by atoms with E-state index in [-0.39, 0.29) is 0 Å². The van der Waals surface area contributed by atoms with Crippen molar-refractivity contribution in [2.45, 2.75) is 6.92 Å². The summed E-state index contributed by atoms with van der Waals surface area (Å²) < 4.78 is 0. The van der Waals surface area contributed by atoms with Gasteiger partial charge in [0.05, 0.1) is 0 Å².